The van der Waals surface area contributed by atoms with Crippen LogP contribution in [-0.2, 0) is 14.3 Å². The molecule has 0 aliphatic rings. The number of carbonyl (C=O) groups excluding carboxylic acids is 2. The van der Waals surface area contributed by atoms with Crippen LogP contribution in [0.1, 0.15) is 43.4 Å². The number of ether oxygens (including phenoxy) is 3. The summed E-state index contributed by atoms with van der Waals surface area (Å²) >= 11 is 0. The number of esters is 1. The molecule has 2 rings (SSSR count). The van der Waals surface area contributed by atoms with Crippen LogP contribution >= 0.6 is 0 Å². The van der Waals surface area contributed by atoms with Crippen molar-refractivity contribution in [2.75, 3.05) is 25.1 Å². The molecular weight excluding hydrogens is 394 g/mol. The number of nitrogens with one attached hydrogen (secondary N) is 1. The SMILES string of the molecule is CCCCOc1ccc(/C=C/C(=O)OCC(=O)Nc2ccc(C)c(C)c2)cc1OCC. The highest BCUT2D eigenvalue weighted by Gasteiger charge is 2.08. The van der Waals surface area contributed by atoms with Gasteiger partial charge < -0.3 is 19.5 Å². The molecule has 0 radical (unpaired) electrons. The Hall–Kier alpha value is -3.28. The van der Waals surface area contributed by atoms with Gasteiger partial charge in [0.15, 0.2) is 18.1 Å². The van der Waals surface area contributed by atoms with E-state index >= 15 is 0 Å². The summed E-state index contributed by atoms with van der Waals surface area (Å²) in [6.45, 7) is 8.75. The Morgan fingerprint density at radius 3 is 2.48 bits per heavy atom. The minimum atomic E-state index is -0.600. The standard InChI is InChI=1S/C25H31NO5/c1-5-7-14-30-22-12-9-20(16-23(22)29-6-2)10-13-25(28)31-17-24(27)26-21-11-8-18(3)19(4)15-21/h8-13,15-16H,5-7,14,17H2,1-4H3,(H,26,27)/b13-10+. The molecule has 0 aliphatic heterocycles. The number of aryl methyl sites for hydroxylation is 2. The fourth-order valence-electron chi connectivity index (χ4n) is 2.71. The molecular formula is C25H31NO5. The number of carbonyl (C=O) groups is 2. The Labute approximate surface area is 184 Å². The van der Waals surface area contributed by atoms with Crippen molar-refractivity contribution >= 4 is 23.6 Å². The van der Waals surface area contributed by atoms with Gasteiger partial charge in [-0.3, -0.25) is 4.79 Å². The molecule has 0 spiro atoms. The van der Waals surface area contributed by atoms with E-state index in [-0.39, 0.29) is 6.61 Å². The molecule has 2 aromatic rings. The van der Waals surface area contributed by atoms with Crippen molar-refractivity contribution in [3.8, 4) is 11.5 Å². The van der Waals surface area contributed by atoms with Gasteiger partial charge in [-0.25, -0.2) is 4.79 Å². The van der Waals surface area contributed by atoms with Crippen molar-refractivity contribution in [3.05, 3.63) is 59.2 Å². The van der Waals surface area contributed by atoms with Crippen molar-refractivity contribution in [2.24, 2.45) is 0 Å². The maximum atomic E-state index is 12.0. The lowest BCUT2D eigenvalue weighted by molar-refractivity contribution is -0.142. The van der Waals surface area contributed by atoms with Crippen LogP contribution in [0, 0.1) is 13.8 Å². The first-order valence-corrected chi connectivity index (χ1v) is 10.5. The molecule has 2 aromatic carbocycles. The Balaban J connectivity index is 1.89. The number of hydrogen-bond acceptors (Lipinski definition) is 5. The lowest BCUT2D eigenvalue weighted by atomic mass is 10.1. The Kier molecular flexibility index (Phi) is 9.62. The van der Waals surface area contributed by atoms with E-state index in [0.29, 0.717) is 30.4 Å². The fourth-order valence-corrected chi connectivity index (χ4v) is 2.71. The topological polar surface area (TPSA) is 73.9 Å². The maximum absolute atomic E-state index is 12.0. The van der Waals surface area contributed by atoms with Gasteiger partial charge >= 0.3 is 5.97 Å². The zero-order valence-corrected chi connectivity index (χ0v) is 18.7. The average Bonchev–Trinajstić information content (AvgIpc) is 2.75. The van der Waals surface area contributed by atoms with Gasteiger partial charge in [0.1, 0.15) is 0 Å². The van der Waals surface area contributed by atoms with Gasteiger partial charge in [-0.1, -0.05) is 25.5 Å². The van der Waals surface area contributed by atoms with Crippen LogP contribution in [0.5, 0.6) is 11.5 Å². The van der Waals surface area contributed by atoms with Gasteiger partial charge in [-0.05, 0) is 74.2 Å². The monoisotopic (exact) mass is 425 g/mol. The molecule has 6 nitrogen and oxygen atoms in total. The minimum absolute atomic E-state index is 0.357. The van der Waals surface area contributed by atoms with Gasteiger partial charge in [0.25, 0.3) is 5.91 Å². The summed E-state index contributed by atoms with van der Waals surface area (Å²) < 4.78 is 16.4. The smallest absolute Gasteiger partial charge is 0.331 e. The molecule has 1 N–H and O–H groups in total. The molecule has 31 heavy (non-hydrogen) atoms. The van der Waals surface area contributed by atoms with E-state index in [0.717, 1.165) is 29.5 Å². The largest absolute Gasteiger partial charge is 0.490 e. The molecule has 1 amide bonds. The molecule has 0 fully saturated rings. The first kappa shape index (κ1) is 24.0. The van der Waals surface area contributed by atoms with Crippen molar-refractivity contribution in [2.45, 2.75) is 40.5 Å². The third kappa shape index (κ3) is 8.16. The van der Waals surface area contributed by atoms with E-state index in [1.165, 1.54) is 6.08 Å². The summed E-state index contributed by atoms with van der Waals surface area (Å²) in [5.41, 5.74) is 3.65. The Morgan fingerprint density at radius 1 is 0.968 bits per heavy atom. The highest BCUT2D eigenvalue weighted by atomic mass is 16.5. The number of anilines is 1. The summed E-state index contributed by atoms with van der Waals surface area (Å²) in [5.74, 6) is 0.314. The summed E-state index contributed by atoms with van der Waals surface area (Å²) in [4.78, 5) is 24.0. The fraction of sp³-hybridized carbons (Fsp3) is 0.360. The quantitative estimate of drug-likeness (QED) is 0.309. The summed E-state index contributed by atoms with van der Waals surface area (Å²) in [6, 6.07) is 11.1. The lowest BCUT2D eigenvalue weighted by Crippen LogP contribution is -2.20. The number of rotatable bonds is 11. The van der Waals surface area contributed by atoms with E-state index in [2.05, 4.69) is 12.2 Å². The number of unbranched alkanes of at least 4 members (excludes halogenated alkanes) is 1. The zero-order chi connectivity index (χ0) is 22.6. The van der Waals surface area contributed by atoms with Crippen molar-refractivity contribution in [3.63, 3.8) is 0 Å². The Morgan fingerprint density at radius 2 is 1.77 bits per heavy atom. The van der Waals surface area contributed by atoms with Gasteiger partial charge in [0, 0.05) is 11.8 Å². The van der Waals surface area contributed by atoms with Crippen molar-refractivity contribution in [1.82, 2.24) is 0 Å². The first-order valence-electron chi connectivity index (χ1n) is 10.5. The van der Waals surface area contributed by atoms with Gasteiger partial charge in [0.05, 0.1) is 13.2 Å². The average molecular weight is 426 g/mol. The molecule has 0 aromatic heterocycles. The normalized spacial score (nSPS) is 10.7. The van der Waals surface area contributed by atoms with Gasteiger partial charge in [-0.15, -0.1) is 0 Å². The second kappa shape index (κ2) is 12.4. The third-order valence-electron chi connectivity index (χ3n) is 4.57. The molecule has 166 valence electrons. The molecule has 0 bridgehead atoms. The molecule has 0 atom stereocenters. The molecule has 0 unspecified atom stereocenters. The van der Waals surface area contributed by atoms with Crippen LogP contribution in [0.2, 0.25) is 0 Å². The first-order chi connectivity index (χ1) is 14.9. The second-order valence-electron chi connectivity index (χ2n) is 7.13. The molecule has 0 saturated carbocycles. The van der Waals surface area contributed by atoms with Gasteiger partial charge in [0.2, 0.25) is 0 Å². The third-order valence-corrected chi connectivity index (χ3v) is 4.57. The van der Waals surface area contributed by atoms with Crippen LogP contribution in [0.4, 0.5) is 5.69 Å². The highest BCUT2D eigenvalue weighted by molar-refractivity contribution is 5.94. The van der Waals surface area contributed by atoms with E-state index in [9.17, 15) is 9.59 Å². The van der Waals surface area contributed by atoms with Crippen LogP contribution in [0.25, 0.3) is 6.08 Å². The van der Waals surface area contributed by atoms with Crippen LogP contribution in [-0.4, -0.2) is 31.7 Å². The number of hydrogen-bond donors (Lipinski definition) is 1. The van der Waals surface area contributed by atoms with Crippen LogP contribution in [0.3, 0.4) is 0 Å². The second-order valence-corrected chi connectivity index (χ2v) is 7.13. The number of amides is 1. The van der Waals surface area contributed by atoms with E-state index in [4.69, 9.17) is 14.2 Å². The lowest BCUT2D eigenvalue weighted by Gasteiger charge is -2.12. The number of benzene rings is 2. The zero-order valence-electron chi connectivity index (χ0n) is 18.7. The summed E-state index contributed by atoms with van der Waals surface area (Å²) in [6.07, 6.45) is 4.92. The molecule has 0 heterocycles. The maximum Gasteiger partial charge on any atom is 0.331 e. The summed E-state index contributed by atoms with van der Waals surface area (Å²) in [7, 11) is 0. The predicted molar refractivity (Wildman–Crippen MR) is 123 cm³/mol. The molecule has 0 aliphatic carbocycles. The van der Waals surface area contributed by atoms with Crippen molar-refractivity contribution < 1.29 is 23.8 Å². The predicted octanol–water partition coefficient (Wildman–Crippen LogP) is 5.08. The van der Waals surface area contributed by atoms with Gasteiger partial charge in [-0.2, -0.15) is 0 Å². The highest BCUT2D eigenvalue weighted by Crippen LogP contribution is 2.29. The van der Waals surface area contributed by atoms with Crippen LogP contribution in [0.15, 0.2) is 42.5 Å². The van der Waals surface area contributed by atoms with E-state index < -0.39 is 11.9 Å². The van der Waals surface area contributed by atoms with E-state index in [1.807, 2.05) is 51.1 Å². The molecule has 6 heteroatoms. The minimum Gasteiger partial charge on any atom is -0.490 e. The Bertz CT molecular complexity index is 920. The van der Waals surface area contributed by atoms with Crippen molar-refractivity contribution in [1.29, 1.82) is 0 Å². The van der Waals surface area contributed by atoms with Crippen LogP contribution < -0.4 is 14.8 Å². The summed E-state index contributed by atoms with van der Waals surface area (Å²) in [5, 5.41) is 2.72. The molecule has 0 saturated heterocycles. The van der Waals surface area contributed by atoms with E-state index in [1.54, 1.807) is 12.1 Å².